The summed E-state index contributed by atoms with van der Waals surface area (Å²) in [6.07, 6.45) is 4.46. The number of hydrogen-bond acceptors (Lipinski definition) is 2. The van der Waals surface area contributed by atoms with Crippen LogP contribution in [0.5, 0.6) is 0 Å². The van der Waals surface area contributed by atoms with Crippen LogP contribution in [0.1, 0.15) is 52.0 Å². The Morgan fingerprint density at radius 1 is 1.10 bits per heavy atom. The highest BCUT2D eigenvalue weighted by molar-refractivity contribution is 6.55. The first-order valence-corrected chi connectivity index (χ1v) is 9.01. The second-order valence-corrected chi connectivity index (χ2v) is 6.55. The first-order valence-electron chi connectivity index (χ1n) is 7.93. The van der Waals surface area contributed by atoms with Crippen LogP contribution in [-0.4, -0.2) is 28.6 Å². The lowest BCUT2D eigenvalue weighted by atomic mass is 10.1. The smallest absolute Gasteiger partial charge is 0.157 e. The van der Waals surface area contributed by atoms with Gasteiger partial charge in [-0.3, -0.25) is 0 Å². The number of benzene rings is 1. The van der Waals surface area contributed by atoms with Crippen molar-refractivity contribution in [2.45, 2.75) is 52.4 Å². The van der Waals surface area contributed by atoms with Gasteiger partial charge in [-0.2, -0.15) is 0 Å². The van der Waals surface area contributed by atoms with Gasteiger partial charge in [-0.25, -0.2) is 0 Å². The number of rotatable bonds is 11. The van der Waals surface area contributed by atoms with E-state index in [0.29, 0.717) is 9.52 Å². The highest BCUT2D eigenvalue weighted by atomic mass is 28.2. The molecule has 0 atom stereocenters. The highest BCUT2D eigenvalue weighted by Gasteiger charge is 2.14. The molecule has 1 aromatic rings. The van der Waals surface area contributed by atoms with E-state index in [1.54, 1.807) is 0 Å². The molecule has 0 N–H and O–H groups in total. The summed E-state index contributed by atoms with van der Waals surface area (Å²) in [5.74, 6) is -0.122. The molecule has 2 nitrogen and oxygen atoms in total. The summed E-state index contributed by atoms with van der Waals surface area (Å²) in [7, 11) is 0.504. The van der Waals surface area contributed by atoms with Gasteiger partial charge in [-0.05, 0) is 25.3 Å². The maximum Gasteiger partial charge on any atom is 0.157 e. The number of unbranched alkanes of at least 4 members (excludes halogenated alkanes) is 2. The van der Waals surface area contributed by atoms with Gasteiger partial charge >= 0.3 is 0 Å². The van der Waals surface area contributed by atoms with Gasteiger partial charge in [0.25, 0.3) is 0 Å². The lowest BCUT2D eigenvalue weighted by Gasteiger charge is -2.19. The van der Waals surface area contributed by atoms with Gasteiger partial charge in [0.2, 0.25) is 0 Å². The molecule has 0 bridgehead atoms. The van der Waals surface area contributed by atoms with Crippen molar-refractivity contribution in [3.8, 4) is 0 Å². The lowest BCUT2D eigenvalue weighted by Crippen LogP contribution is -2.35. The molecule has 116 valence electrons. The molecule has 0 heterocycles. The monoisotopic (exact) mass is 304 g/mol. The van der Waals surface area contributed by atoms with Crippen molar-refractivity contribution in [2.75, 3.05) is 13.2 Å². The zero-order valence-corrected chi connectivity index (χ0v) is 14.7. The summed E-state index contributed by atoms with van der Waals surface area (Å²) < 4.78 is 11.9. The third-order valence-corrected chi connectivity index (χ3v) is 4.51. The van der Waals surface area contributed by atoms with Crippen LogP contribution < -0.4 is 5.19 Å². The molecule has 21 heavy (non-hydrogen) atoms. The van der Waals surface area contributed by atoms with Crippen LogP contribution in [0.2, 0.25) is 0 Å². The third kappa shape index (κ3) is 7.07. The summed E-state index contributed by atoms with van der Waals surface area (Å²) in [5.41, 5.74) is 2.32. The van der Waals surface area contributed by atoms with E-state index in [9.17, 15) is 0 Å². The number of allylic oxidation sites excluding steroid dienone is 1. The Hall–Kier alpha value is -0.903. The first-order chi connectivity index (χ1) is 10.2. The molecular formula is C18H28O2Si. The van der Waals surface area contributed by atoms with Crippen LogP contribution in [0.3, 0.4) is 0 Å². The summed E-state index contributed by atoms with van der Waals surface area (Å²) in [5, 5.41) is 1.28. The maximum absolute atomic E-state index is 5.93. The molecule has 0 fully saturated rings. The van der Waals surface area contributed by atoms with Crippen LogP contribution >= 0.6 is 0 Å². The Labute approximate surface area is 132 Å². The van der Waals surface area contributed by atoms with Crippen molar-refractivity contribution in [2.24, 2.45) is 0 Å². The van der Waals surface area contributed by atoms with E-state index in [4.69, 9.17) is 9.47 Å². The van der Waals surface area contributed by atoms with E-state index >= 15 is 0 Å². The first kappa shape index (κ1) is 18.1. The van der Waals surface area contributed by atoms with Gasteiger partial charge < -0.3 is 9.47 Å². The van der Waals surface area contributed by atoms with Crippen molar-refractivity contribution in [3.63, 3.8) is 0 Å². The lowest BCUT2D eigenvalue weighted by molar-refractivity contribution is -0.0910. The van der Waals surface area contributed by atoms with Crippen molar-refractivity contribution in [3.05, 3.63) is 36.4 Å². The second-order valence-electron chi connectivity index (χ2n) is 5.25. The van der Waals surface area contributed by atoms with Crippen molar-refractivity contribution >= 4 is 20.3 Å². The maximum atomic E-state index is 5.93. The fraction of sp³-hybridized carbons (Fsp3) is 0.556. The zero-order chi connectivity index (χ0) is 15.5. The number of ether oxygens (including phenoxy) is 2. The van der Waals surface area contributed by atoms with E-state index in [2.05, 4.69) is 44.7 Å². The molecule has 0 amide bonds. The largest absolute Gasteiger partial charge is 0.357 e. The normalized spacial score (nSPS) is 11.0. The molecule has 0 aromatic heterocycles. The zero-order valence-electron chi connectivity index (χ0n) is 13.7. The van der Waals surface area contributed by atoms with E-state index in [1.165, 1.54) is 10.8 Å². The average Bonchev–Trinajstić information content (AvgIpc) is 2.48. The molecule has 2 radical (unpaired) electrons. The minimum absolute atomic E-state index is 0.122. The summed E-state index contributed by atoms with van der Waals surface area (Å²) in [6, 6.07) is 8.41. The van der Waals surface area contributed by atoms with Crippen LogP contribution in [0.25, 0.3) is 5.57 Å². The number of hydrogen-bond donors (Lipinski definition) is 0. The van der Waals surface area contributed by atoms with E-state index in [0.717, 1.165) is 44.5 Å². The van der Waals surface area contributed by atoms with Gasteiger partial charge in [0.1, 0.15) is 5.91 Å². The highest BCUT2D eigenvalue weighted by Crippen LogP contribution is 2.09. The summed E-state index contributed by atoms with van der Waals surface area (Å²) in [6.45, 7) is 12.0. The summed E-state index contributed by atoms with van der Waals surface area (Å²) in [4.78, 5) is 0. The van der Waals surface area contributed by atoms with Gasteiger partial charge in [0.15, 0.2) is 9.52 Å². The molecule has 0 spiro atoms. The van der Waals surface area contributed by atoms with Crippen LogP contribution in [0.15, 0.2) is 30.8 Å². The van der Waals surface area contributed by atoms with Gasteiger partial charge in [-0.1, -0.05) is 68.3 Å². The molecular weight excluding hydrogens is 276 g/mol. The standard InChI is InChI=1S/C18H28O2Si/c1-5-7-13-19-18(20-14-8-6-2)21-17-12-10-9-11-16(17)15(3)4/h9-12,18H,3,5-8,13-14H2,1-2,4H3. The Morgan fingerprint density at radius 3 is 2.19 bits per heavy atom. The van der Waals surface area contributed by atoms with E-state index < -0.39 is 0 Å². The minimum Gasteiger partial charge on any atom is -0.357 e. The summed E-state index contributed by atoms with van der Waals surface area (Å²) >= 11 is 0. The van der Waals surface area contributed by atoms with Gasteiger partial charge in [-0.15, -0.1) is 0 Å². The second kappa shape index (κ2) is 10.8. The van der Waals surface area contributed by atoms with Gasteiger partial charge in [0, 0.05) is 13.2 Å². The molecule has 0 saturated carbocycles. The molecule has 1 rings (SSSR count). The van der Waals surface area contributed by atoms with Crippen molar-refractivity contribution in [1.82, 2.24) is 0 Å². The SMILES string of the molecule is C=C(C)c1ccccc1[Si]C(OCCCC)OCCCC. The average molecular weight is 305 g/mol. The van der Waals surface area contributed by atoms with Crippen molar-refractivity contribution in [1.29, 1.82) is 0 Å². The third-order valence-electron chi connectivity index (χ3n) is 3.19. The molecule has 0 saturated heterocycles. The quantitative estimate of drug-likeness (QED) is 0.350. The Morgan fingerprint density at radius 2 is 1.67 bits per heavy atom. The molecule has 0 aliphatic carbocycles. The Kier molecular flexibility index (Phi) is 9.31. The van der Waals surface area contributed by atoms with Gasteiger partial charge in [0.05, 0.1) is 0 Å². The Bertz CT molecular complexity index is 407. The minimum atomic E-state index is -0.122. The predicted octanol–water partition coefficient (Wildman–Crippen LogP) is 3.97. The predicted molar refractivity (Wildman–Crippen MR) is 92.0 cm³/mol. The topological polar surface area (TPSA) is 18.5 Å². The molecule has 0 unspecified atom stereocenters. The van der Waals surface area contributed by atoms with Crippen LogP contribution in [0, 0.1) is 0 Å². The fourth-order valence-corrected chi connectivity index (χ4v) is 3.21. The van der Waals surface area contributed by atoms with Crippen LogP contribution in [-0.2, 0) is 9.47 Å². The Balaban J connectivity index is 2.67. The fourth-order valence-electron chi connectivity index (χ4n) is 1.91. The van der Waals surface area contributed by atoms with E-state index in [1.807, 2.05) is 6.92 Å². The molecule has 0 aliphatic rings. The van der Waals surface area contributed by atoms with Crippen LogP contribution in [0.4, 0.5) is 0 Å². The molecule has 0 aliphatic heterocycles. The molecule has 3 heteroatoms. The molecule has 1 aromatic carbocycles. The van der Waals surface area contributed by atoms with E-state index in [-0.39, 0.29) is 5.91 Å². The van der Waals surface area contributed by atoms with Crippen molar-refractivity contribution < 1.29 is 9.47 Å².